The number of hydrogen-bond acceptors (Lipinski definition) is 4. The molecule has 23 heavy (non-hydrogen) atoms. The molecule has 1 fully saturated rings. The highest BCUT2D eigenvalue weighted by atomic mass is 32.2. The highest BCUT2D eigenvalue weighted by molar-refractivity contribution is 7.97. The maximum absolute atomic E-state index is 12.3. The molecule has 0 bridgehead atoms. The minimum Gasteiger partial charge on any atom is -0.355 e. The van der Waals surface area contributed by atoms with Gasteiger partial charge in [-0.25, -0.2) is 4.98 Å². The van der Waals surface area contributed by atoms with Crippen LogP contribution in [0.3, 0.4) is 0 Å². The van der Waals surface area contributed by atoms with Crippen LogP contribution < -0.4 is 10.6 Å². The van der Waals surface area contributed by atoms with Crippen molar-refractivity contribution in [1.29, 1.82) is 0 Å². The van der Waals surface area contributed by atoms with Gasteiger partial charge in [0, 0.05) is 6.54 Å². The molecule has 1 unspecified atom stereocenters. The number of amides is 1. The molecule has 124 valence electrons. The van der Waals surface area contributed by atoms with E-state index in [1.165, 1.54) is 6.42 Å². The molecule has 2 N–H and O–H groups in total. The second kappa shape index (κ2) is 7.84. The number of fused-ring (bicyclic) bond motifs is 1. The lowest BCUT2D eigenvalue weighted by Crippen LogP contribution is -2.30. The maximum Gasteiger partial charge on any atom is 0.240 e. The van der Waals surface area contributed by atoms with Crippen molar-refractivity contribution in [3.05, 3.63) is 30.1 Å². The van der Waals surface area contributed by atoms with E-state index in [2.05, 4.69) is 21.9 Å². The molecule has 1 aliphatic rings. The van der Waals surface area contributed by atoms with Crippen molar-refractivity contribution in [1.82, 2.24) is 20.2 Å². The summed E-state index contributed by atoms with van der Waals surface area (Å²) in [6.45, 7) is 3.30. The largest absolute Gasteiger partial charge is 0.355 e. The molecule has 0 aliphatic carbocycles. The number of benzene rings is 1. The lowest BCUT2D eigenvalue weighted by molar-refractivity contribution is -0.121. The smallest absolute Gasteiger partial charge is 0.240 e. The summed E-state index contributed by atoms with van der Waals surface area (Å²) in [5.41, 5.74) is 1.99. The molecule has 0 radical (unpaired) electrons. The average Bonchev–Trinajstić information content (AvgIpc) is 3.17. The van der Waals surface area contributed by atoms with Crippen molar-refractivity contribution < 1.29 is 4.79 Å². The molecule has 5 nitrogen and oxygen atoms in total. The molecule has 1 amide bonds. The Labute approximate surface area is 141 Å². The van der Waals surface area contributed by atoms with Gasteiger partial charge in [-0.2, -0.15) is 11.8 Å². The summed E-state index contributed by atoms with van der Waals surface area (Å²) in [6.07, 6.45) is 4.33. The fourth-order valence-corrected chi connectivity index (χ4v) is 3.60. The number of thioether (sulfide) groups is 1. The Morgan fingerprint density at radius 2 is 2.35 bits per heavy atom. The molecule has 1 aromatic carbocycles. The van der Waals surface area contributed by atoms with Crippen LogP contribution in [0, 0.1) is 5.92 Å². The molecule has 1 saturated heterocycles. The van der Waals surface area contributed by atoms with E-state index in [1.54, 1.807) is 11.8 Å². The molecular weight excluding hydrogens is 308 g/mol. The van der Waals surface area contributed by atoms with Gasteiger partial charge in [0.1, 0.15) is 12.4 Å². The Morgan fingerprint density at radius 1 is 1.48 bits per heavy atom. The van der Waals surface area contributed by atoms with E-state index in [-0.39, 0.29) is 5.91 Å². The minimum absolute atomic E-state index is 0.0708. The van der Waals surface area contributed by atoms with Gasteiger partial charge in [-0.15, -0.1) is 0 Å². The van der Waals surface area contributed by atoms with Crippen molar-refractivity contribution in [2.45, 2.75) is 25.1 Å². The Morgan fingerprint density at radius 3 is 3.13 bits per heavy atom. The number of rotatable bonds is 7. The van der Waals surface area contributed by atoms with E-state index in [1.807, 2.05) is 28.8 Å². The van der Waals surface area contributed by atoms with Crippen LogP contribution in [0.25, 0.3) is 11.0 Å². The summed E-state index contributed by atoms with van der Waals surface area (Å²) < 4.78 is 2.04. The van der Waals surface area contributed by atoms with Gasteiger partial charge in [0.25, 0.3) is 0 Å². The van der Waals surface area contributed by atoms with Gasteiger partial charge < -0.3 is 15.2 Å². The zero-order valence-corrected chi connectivity index (χ0v) is 14.4. The van der Waals surface area contributed by atoms with E-state index in [0.717, 1.165) is 48.7 Å². The van der Waals surface area contributed by atoms with Crippen LogP contribution in [0.1, 0.15) is 18.7 Å². The Balaban J connectivity index is 1.62. The molecule has 1 atom stereocenters. The average molecular weight is 332 g/mol. The standard InChI is InChI=1S/C17H24N4OS/c1-23-12-16-20-14-4-2-3-5-15(14)21(16)11-17(22)19-9-7-13-6-8-18-10-13/h2-5,13,18H,6-12H2,1H3,(H,19,22). The van der Waals surface area contributed by atoms with Crippen LogP contribution in [-0.4, -0.2) is 41.3 Å². The third-order valence-corrected chi connectivity index (χ3v) is 4.89. The van der Waals surface area contributed by atoms with Gasteiger partial charge in [-0.1, -0.05) is 12.1 Å². The lowest BCUT2D eigenvalue weighted by atomic mass is 10.1. The molecule has 2 aromatic rings. The Hall–Kier alpha value is -1.53. The lowest BCUT2D eigenvalue weighted by Gasteiger charge is -2.11. The van der Waals surface area contributed by atoms with Crippen LogP contribution >= 0.6 is 11.8 Å². The predicted octanol–water partition coefficient (Wildman–Crippen LogP) is 2.02. The number of nitrogens with zero attached hydrogens (tertiary/aromatic N) is 2. The van der Waals surface area contributed by atoms with Gasteiger partial charge in [-0.3, -0.25) is 4.79 Å². The number of imidazole rings is 1. The van der Waals surface area contributed by atoms with Gasteiger partial charge in [0.2, 0.25) is 5.91 Å². The third-order valence-electron chi connectivity index (χ3n) is 4.35. The Kier molecular flexibility index (Phi) is 5.56. The molecule has 1 aliphatic heterocycles. The van der Waals surface area contributed by atoms with Gasteiger partial charge in [0.05, 0.1) is 16.8 Å². The fourth-order valence-electron chi connectivity index (χ4n) is 3.12. The van der Waals surface area contributed by atoms with E-state index < -0.39 is 0 Å². The summed E-state index contributed by atoms with van der Waals surface area (Å²) in [7, 11) is 0. The van der Waals surface area contributed by atoms with E-state index >= 15 is 0 Å². The summed E-state index contributed by atoms with van der Waals surface area (Å²) in [5, 5.41) is 6.42. The highest BCUT2D eigenvalue weighted by Crippen LogP contribution is 2.18. The maximum atomic E-state index is 12.3. The number of aromatic nitrogens is 2. The van der Waals surface area contributed by atoms with E-state index in [9.17, 15) is 4.79 Å². The fraction of sp³-hybridized carbons (Fsp3) is 0.529. The summed E-state index contributed by atoms with van der Waals surface area (Å²) in [6, 6.07) is 8.01. The number of hydrogen-bond donors (Lipinski definition) is 2. The van der Waals surface area contributed by atoms with Crippen molar-refractivity contribution in [3.63, 3.8) is 0 Å². The second-order valence-electron chi connectivity index (χ2n) is 6.03. The normalized spacial score (nSPS) is 17.7. The quantitative estimate of drug-likeness (QED) is 0.814. The summed E-state index contributed by atoms with van der Waals surface area (Å²) >= 11 is 1.72. The monoisotopic (exact) mass is 332 g/mol. The summed E-state index contributed by atoms with van der Waals surface area (Å²) in [4.78, 5) is 17.0. The van der Waals surface area contributed by atoms with Gasteiger partial charge in [-0.05, 0) is 50.2 Å². The first-order valence-electron chi connectivity index (χ1n) is 8.18. The first kappa shape index (κ1) is 16.3. The third kappa shape index (κ3) is 4.06. The molecule has 3 rings (SSSR count). The van der Waals surface area contributed by atoms with E-state index in [0.29, 0.717) is 12.5 Å². The van der Waals surface area contributed by atoms with Crippen LogP contribution in [0.5, 0.6) is 0 Å². The van der Waals surface area contributed by atoms with Gasteiger partial charge >= 0.3 is 0 Å². The van der Waals surface area contributed by atoms with Crippen LogP contribution in [0.2, 0.25) is 0 Å². The molecule has 6 heteroatoms. The van der Waals surface area contributed by atoms with Crippen LogP contribution in [0.4, 0.5) is 0 Å². The highest BCUT2D eigenvalue weighted by Gasteiger charge is 2.15. The van der Waals surface area contributed by atoms with Crippen LogP contribution in [-0.2, 0) is 17.1 Å². The molecular formula is C17H24N4OS. The molecule has 2 heterocycles. The van der Waals surface area contributed by atoms with Gasteiger partial charge in [0.15, 0.2) is 0 Å². The SMILES string of the molecule is CSCc1nc2ccccc2n1CC(=O)NCCC1CCNC1. The minimum atomic E-state index is 0.0708. The van der Waals surface area contributed by atoms with E-state index in [4.69, 9.17) is 0 Å². The topological polar surface area (TPSA) is 59.0 Å². The van der Waals surface area contributed by atoms with Crippen LogP contribution in [0.15, 0.2) is 24.3 Å². The number of carbonyl (C=O) groups excluding carboxylic acids is 1. The van der Waals surface area contributed by atoms with Crippen molar-refractivity contribution in [3.8, 4) is 0 Å². The zero-order valence-electron chi connectivity index (χ0n) is 13.5. The molecule has 0 spiro atoms. The molecule has 0 saturated carbocycles. The Bertz CT molecular complexity index is 664. The van der Waals surface area contributed by atoms with Crippen molar-refractivity contribution in [2.24, 2.45) is 5.92 Å². The van der Waals surface area contributed by atoms with Crippen molar-refractivity contribution >= 4 is 28.7 Å². The predicted molar refractivity (Wildman–Crippen MR) is 95.6 cm³/mol. The number of carbonyl (C=O) groups is 1. The first-order chi connectivity index (χ1) is 11.3. The number of para-hydroxylation sites is 2. The van der Waals surface area contributed by atoms with Crippen molar-refractivity contribution in [2.75, 3.05) is 25.9 Å². The first-order valence-corrected chi connectivity index (χ1v) is 9.58. The summed E-state index contributed by atoms with van der Waals surface area (Å²) in [5.74, 6) is 2.56. The number of nitrogens with one attached hydrogen (secondary N) is 2. The molecule has 1 aromatic heterocycles. The zero-order chi connectivity index (χ0) is 16.1. The second-order valence-corrected chi connectivity index (χ2v) is 6.90.